The van der Waals surface area contributed by atoms with Crippen molar-refractivity contribution in [1.82, 2.24) is 4.57 Å². The molecule has 2 rings (SSSR count). The molecule has 21 heavy (non-hydrogen) atoms. The second-order valence-corrected chi connectivity index (χ2v) is 5.42. The van der Waals surface area contributed by atoms with Crippen LogP contribution in [0.1, 0.15) is 23.0 Å². The van der Waals surface area contributed by atoms with E-state index >= 15 is 0 Å². The molecule has 0 spiro atoms. The highest BCUT2D eigenvalue weighted by molar-refractivity contribution is 9.10. The first-order valence-corrected chi connectivity index (χ1v) is 7.13. The zero-order valence-electron chi connectivity index (χ0n) is 11.6. The average Bonchev–Trinajstić information content (AvgIpc) is 2.82. The van der Waals surface area contributed by atoms with E-state index in [-0.39, 0.29) is 17.4 Å². The number of anilines is 1. The van der Waals surface area contributed by atoms with Crippen molar-refractivity contribution < 1.29 is 9.72 Å². The van der Waals surface area contributed by atoms with Crippen LogP contribution in [0.3, 0.4) is 0 Å². The lowest BCUT2D eigenvalue weighted by Crippen LogP contribution is -2.17. The molecule has 1 amide bonds. The van der Waals surface area contributed by atoms with Crippen LogP contribution in [0.5, 0.6) is 0 Å². The lowest BCUT2D eigenvalue weighted by atomic mass is 10.1. The van der Waals surface area contributed by atoms with Gasteiger partial charge in [0.25, 0.3) is 5.91 Å². The van der Waals surface area contributed by atoms with Gasteiger partial charge in [0, 0.05) is 16.2 Å². The molecule has 0 saturated carbocycles. The van der Waals surface area contributed by atoms with Gasteiger partial charge in [-0.05, 0) is 41.2 Å². The molecule has 0 fully saturated rings. The van der Waals surface area contributed by atoms with E-state index in [4.69, 9.17) is 0 Å². The summed E-state index contributed by atoms with van der Waals surface area (Å²) in [6.07, 6.45) is 0.766. The van der Waals surface area contributed by atoms with Crippen molar-refractivity contribution in [3.05, 3.63) is 56.2 Å². The van der Waals surface area contributed by atoms with Crippen LogP contribution in [0.2, 0.25) is 0 Å². The maximum Gasteiger partial charge on any atom is 0.323 e. The predicted octanol–water partition coefficient (Wildman–Crippen LogP) is 3.51. The van der Waals surface area contributed by atoms with E-state index in [2.05, 4.69) is 21.2 Å². The smallest absolute Gasteiger partial charge is 0.323 e. The molecule has 1 aromatic carbocycles. The molecule has 0 unspecified atom stereocenters. The normalized spacial score (nSPS) is 10.4. The second-order valence-electron chi connectivity index (χ2n) is 4.50. The third-order valence-electron chi connectivity index (χ3n) is 3.21. The minimum atomic E-state index is -0.520. The number of hydrogen-bond acceptors (Lipinski definition) is 3. The van der Waals surface area contributed by atoms with Crippen LogP contribution in [0.25, 0.3) is 0 Å². The number of benzene rings is 1. The highest BCUT2D eigenvalue weighted by Gasteiger charge is 2.21. The fourth-order valence-corrected chi connectivity index (χ4v) is 2.48. The summed E-state index contributed by atoms with van der Waals surface area (Å²) in [5.74, 6) is -0.491. The molecule has 1 heterocycles. The van der Waals surface area contributed by atoms with Crippen molar-refractivity contribution in [2.24, 2.45) is 7.05 Å². The van der Waals surface area contributed by atoms with E-state index in [1.807, 2.05) is 19.1 Å². The van der Waals surface area contributed by atoms with Crippen LogP contribution in [0.4, 0.5) is 11.5 Å². The fraction of sp³-hybridized carbons (Fsp3) is 0.214. The quantitative estimate of drug-likeness (QED) is 0.676. The average molecular weight is 352 g/mol. The van der Waals surface area contributed by atoms with E-state index < -0.39 is 4.92 Å². The van der Waals surface area contributed by atoms with Gasteiger partial charge >= 0.3 is 5.82 Å². The number of aryl methyl sites for hydroxylation is 1. The van der Waals surface area contributed by atoms with Gasteiger partial charge in [0.2, 0.25) is 0 Å². The van der Waals surface area contributed by atoms with E-state index in [1.165, 1.54) is 23.7 Å². The van der Waals surface area contributed by atoms with Gasteiger partial charge in [-0.1, -0.05) is 22.9 Å². The summed E-state index contributed by atoms with van der Waals surface area (Å²) >= 11 is 3.39. The van der Waals surface area contributed by atoms with Gasteiger partial charge in [-0.15, -0.1) is 0 Å². The summed E-state index contributed by atoms with van der Waals surface area (Å²) in [6.45, 7) is 1.99. The van der Waals surface area contributed by atoms with Gasteiger partial charge in [0.15, 0.2) is 5.69 Å². The number of nitro groups is 1. The van der Waals surface area contributed by atoms with Gasteiger partial charge in [0.05, 0.1) is 7.05 Å². The summed E-state index contributed by atoms with van der Waals surface area (Å²) in [4.78, 5) is 22.5. The van der Waals surface area contributed by atoms with Gasteiger partial charge in [-0.25, -0.2) is 4.57 Å². The standard InChI is InChI=1S/C14H14BrN3O3/c1-3-9-8-10(15)4-5-11(9)16-14(19)12-6-7-13(17(12)2)18(20)21/h4-8H,3H2,1-2H3,(H,16,19). The monoisotopic (exact) mass is 351 g/mol. The first kappa shape index (κ1) is 15.2. The molecule has 0 aliphatic heterocycles. The number of hydrogen-bond donors (Lipinski definition) is 1. The summed E-state index contributed by atoms with van der Waals surface area (Å²) < 4.78 is 2.20. The lowest BCUT2D eigenvalue weighted by molar-refractivity contribution is -0.391. The van der Waals surface area contributed by atoms with Crippen LogP contribution < -0.4 is 5.32 Å². The molecule has 2 aromatic rings. The Kier molecular flexibility index (Phi) is 4.42. The van der Waals surface area contributed by atoms with E-state index in [1.54, 1.807) is 6.07 Å². The molecule has 1 N–H and O–H groups in total. The number of carbonyl (C=O) groups is 1. The second kappa shape index (κ2) is 6.09. The van der Waals surface area contributed by atoms with Gasteiger partial charge in [-0.3, -0.25) is 4.79 Å². The van der Waals surface area contributed by atoms with E-state index in [9.17, 15) is 14.9 Å². The molecule has 110 valence electrons. The summed E-state index contributed by atoms with van der Waals surface area (Å²) in [6, 6.07) is 8.33. The maximum atomic E-state index is 12.3. The first-order chi connectivity index (χ1) is 9.93. The number of halogens is 1. The number of aromatic nitrogens is 1. The van der Waals surface area contributed by atoms with E-state index in [0.717, 1.165) is 16.5 Å². The maximum absolute atomic E-state index is 12.3. The Balaban J connectivity index is 2.28. The van der Waals surface area contributed by atoms with Crippen molar-refractivity contribution in [2.75, 3.05) is 5.32 Å². The summed E-state index contributed by atoms with van der Waals surface area (Å²) in [5, 5.41) is 13.6. The minimum Gasteiger partial charge on any atom is -0.358 e. The van der Waals surface area contributed by atoms with Crippen molar-refractivity contribution in [3.8, 4) is 0 Å². The lowest BCUT2D eigenvalue weighted by Gasteiger charge is -2.09. The van der Waals surface area contributed by atoms with Crippen LogP contribution in [0, 0.1) is 10.1 Å². The third-order valence-corrected chi connectivity index (χ3v) is 3.70. The van der Waals surface area contributed by atoms with E-state index in [0.29, 0.717) is 5.69 Å². The predicted molar refractivity (Wildman–Crippen MR) is 83.5 cm³/mol. The van der Waals surface area contributed by atoms with Gasteiger partial charge in [0.1, 0.15) is 0 Å². The van der Waals surface area contributed by atoms with Crippen molar-refractivity contribution in [2.45, 2.75) is 13.3 Å². The van der Waals surface area contributed by atoms with Crippen LogP contribution in [-0.4, -0.2) is 15.4 Å². The highest BCUT2D eigenvalue weighted by Crippen LogP contribution is 2.23. The Morgan fingerprint density at radius 1 is 1.38 bits per heavy atom. The number of nitrogens with one attached hydrogen (secondary N) is 1. The Morgan fingerprint density at radius 3 is 2.67 bits per heavy atom. The molecule has 0 atom stereocenters. The Labute approximate surface area is 130 Å². The molecule has 0 aliphatic carbocycles. The number of carbonyl (C=O) groups excluding carboxylic acids is 1. The number of nitrogens with zero attached hydrogens (tertiary/aromatic N) is 2. The molecule has 6 nitrogen and oxygen atoms in total. The van der Waals surface area contributed by atoms with Crippen molar-refractivity contribution in [3.63, 3.8) is 0 Å². The third kappa shape index (κ3) is 3.13. The zero-order valence-corrected chi connectivity index (χ0v) is 13.2. The molecular formula is C14H14BrN3O3. The summed E-state index contributed by atoms with van der Waals surface area (Å²) in [7, 11) is 1.50. The Hall–Kier alpha value is -2.15. The minimum absolute atomic E-state index is 0.119. The Morgan fingerprint density at radius 2 is 2.10 bits per heavy atom. The zero-order chi connectivity index (χ0) is 15.6. The molecule has 1 aromatic heterocycles. The SMILES string of the molecule is CCc1cc(Br)ccc1NC(=O)c1ccc([N+](=O)[O-])n1C. The summed E-state index contributed by atoms with van der Waals surface area (Å²) in [5.41, 5.74) is 1.93. The van der Waals surface area contributed by atoms with Gasteiger partial charge in [-0.2, -0.15) is 0 Å². The first-order valence-electron chi connectivity index (χ1n) is 6.34. The van der Waals surface area contributed by atoms with Crippen molar-refractivity contribution >= 4 is 33.3 Å². The highest BCUT2D eigenvalue weighted by atomic mass is 79.9. The largest absolute Gasteiger partial charge is 0.358 e. The van der Waals surface area contributed by atoms with Crippen molar-refractivity contribution in [1.29, 1.82) is 0 Å². The number of rotatable bonds is 4. The molecule has 0 saturated heterocycles. The molecule has 0 bridgehead atoms. The Bertz CT molecular complexity index is 709. The van der Waals surface area contributed by atoms with Gasteiger partial charge < -0.3 is 15.4 Å². The van der Waals surface area contributed by atoms with Crippen LogP contribution >= 0.6 is 15.9 Å². The topological polar surface area (TPSA) is 77.2 Å². The number of amides is 1. The van der Waals surface area contributed by atoms with Crippen LogP contribution in [0.15, 0.2) is 34.8 Å². The van der Waals surface area contributed by atoms with Crippen LogP contribution in [-0.2, 0) is 13.5 Å². The molecule has 7 heteroatoms. The molecular weight excluding hydrogens is 338 g/mol. The molecule has 0 aliphatic rings. The molecule has 0 radical (unpaired) electrons. The fourth-order valence-electron chi connectivity index (χ4n) is 2.07.